The molecule has 0 aliphatic carbocycles. The molecule has 1 heterocycles. The predicted octanol–water partition coefficient (Wildman–Crippen LogP) is 3.60. The summed E-state index contributed by atoms with van der Waals surface area (Å²) in [6.07, 6.45) is 6.55. The van der Waals surface area contributed by atoms with Gasteiger partial charge in [-0.2, -0.15) is 0 Å². The van der Waals surface area contributed by atoms with E-state index >= 15 is 0 Å². The van der Waals surface area contributed by atoms with Crippen molar-refractivity contribution in [3.05, 3.63) is 35.4 Å². The van der Waals surface area contributed by atoms with Crippen molar-refractivity contribution in [1.82, 2.24) is 10.2 Å². The van der Waals surface area contributed by atoms with Gasteiger partial charge in [-0.25, -0.2) is 0 Å². The molecule has 0 atom stereocenters. The van der Waals surface area contributed by atoms with Gasteiger partial charge in [-0.05, 0) is 56.4 Å². The highest BCUT2D eigenvalue weighted by Gasteiger charge is 2.13. The molecular weight excluding hydrogens is 244 g/mol. The quantitative estimate of drug-likeness (QED) is 0.764. The minimum Gasteiger partial charge on any atom is -0.315 e. The maximum absolute atomic E-state index is 3.49. The van der Waals surface area contributed by atoms with Crippen LogP contribution in [0, 0.1) is 0 Å². The molecule has 0 bridgehead atoms. The molecule has 112 valence electrons. The summed E-state index contributed by atoms with van der Waals surface area (Å²) >= 11 is 0. The fraction of sp³-hybridized carbons (Fsp3) is 0.667. The first-order valence-corrected chi connectivity index (χ1v) is 8.28. The molecule has 1 aliphatic rings. The van der Waals surface area contributed by atoms with Crippen molar-refractivity contribution in [1.29, 1.82) is 0 Å². The van der Waals surface area contributed by atoms with Gasteiger partial charge in [0.25, 0.3) is 0 Å². The van der Waals surface area contributed by atoms with Gasteiger partial charge in [-0.3, -0.25) is 4.90 Å². The second-order valence-electron chi connectivity index (χ2n) is 6.32. The number of hydrogen-bond acceptors (Lipinski definition) is 2. The van der Waals surface area contributed by atoms with E-state index < -0.39 is 0 Å². The van der Waals surface area contributed by atoms with Crippen LogP contribution in [0.5, 0.6) is 0 Å². The van der Waals surface area contributed by atoms with Crippen LogP contribution in [0.2, 0.25) is 0 Å². The molecule has 2 rings (SSSR count). The average Bonchev–Trinajstić information content (AvgIpc) is 2.64. The van der Waals surface area contributed by atoms with Crippen LogP contribution >= 0.6 is 0 Å². The van der Waals surface area contributed by atoms with Crippen LogP contribution in [0.1, 0.15) is 50.7 Å². The van der Waals surface area contributed by atoms with Crippen LogP contribution in [-0.2, 0) is 13.0 Å². The first-order valence-electron chi connectivity index (χ1n) is 8.28. The molecule has 2 heteroatoms. The fourth-order valence-electron chi connectivity index (χ4n) is 2.99. The summed E-state index contributed by atoms with van der Waals surface area (Å²) in [5.41, 5.74) is 3.11. The summed E-state index contributed by atoms with van der Waals surface area (Å²) in [5, 5.41) is 3.49. The number of nitrogens with zero attached hydrogens (tertiary/aromatic N) is 1. The Hall–Kier alpha value is -0.860. The van der Waals surface area contributed by atoms with E-state index in [9.17, 15) is 0 Å². The molecule has 0 saturated carbocycles. The van der Waals surface area contributed by atoms with Crippen molar-refractivity contribution >= 4 is 0 Å². The van der Waals surface area contributed by atoms with Crippen molar-refractivity contribution in [3.8, 4) is 0 Å². The summed E-state index contributed by atoms with van der Waals surface area (Å²) in [7, 11) is 0. The first kappa shape index (κ1) is 15.5. The van der Waals surface area contributed by atoms with E-state index in [1.807, 2.05) is 0 Å². The average molecular weight is 274 g/mol. The Morgan fingerprint density at radius 3 is 2.70 bits per heavy atom. The molecule has 0 spiro atoms. The molecule has 1 aromatic carbocycles. The van der Waals surface area contributed by atoms with E-state index in [2.05, 4.69) is 48.3 Å². The summed E-state index contributed by atoms with van der Waals surface area (Å²) in [4.78, 5) is 2.64. The van der Waals surface area contributed by atoms with Gasteiger partial charge in [0, 0.05) is 12.6 Å². The molecule has 0 fully saturated rings. The number of unbranched alkanes of at least 4 members (excludes halogenated alkanes) is 2. The second-order valence-corrected chi connectivity index (χ2v) is 6.32. The summed E-state index contributed by atoms with van der Waals surface area (Å²) in [6, 6.07) is 9.59. The lowest BCUT2D eigenvalue weighted by Crippen LogP contribution is -2.25. The van der Waals surface area contributed by atoms with E-state index in [1.165, 1.54) is 51.7 Å². The molecule has 0 amide bonds. The minimum atomic E-state index is 0.622. The Morgan fingerprint density at radius 1 is 1.10 bits per heavy atom. The van der Waals surface area contributed by atoms with E-state index in [1.54, 1.807) is 11.1 Å². The van der Waals surface area contributed by atoms with E-state index in [-0.39, 0.29) is 0 Å². The molecular formula is C18H30N2. The zero-order valence-electron chi connectivity index (χ0n) is 13.2. The van der Waals surface area contributed by atoms with Gasteiger partial charge in [0.15, 0.2) is 0 Å². The Balaban J connectivity index is 1.67. The highest BCUT2D eigenvalue weighted by atomic mass is 15.1. The summed E-state index contributed by atoms with van der Waals surface area (Å²) in [6.45, 7) is 9.28. The number of hydrogen-bond donors (Lipinski definition) is 1. The molecule has 2 nitrogen and oxygen atoms in total. The molecule has 0 unspecified atom stereocenters. The highest BCUT2D eigenvalue weighted by molar-refractivity contribution is 5.27. The minimum absolute atomic E-state index is 0.622. The molecule has 0 saturated heterocycles. The second kappa shape index (κ2) is 8.43. The Morgan fingerprint density at radius 2 is 1.90 bits per heavy atom. The number of benzene rings is 1. The van der Waals surface area contributed by atoms with Crippen LogP contribution in [0.3, 0.4) is 0 Å². The first-order chi connectivity index (χ1) is 9.75. The van der Waals surface area contributed by atoms with Gasteiger partial charge in [-0.1, -0.05) is 44.5 Å². The van der Waals surface area contributed by atoms with E-state index in [0.717, 1.165) is 6.54 Å². The lowest BCUT2D eigenvalue weighted by atomic mass is 10.0. The highest BCUT2D eigenvalue weighted by Crippen LogP contribution is 2.18. The maximum atomic E-state index is 3.49. The van der Waals surface area contributed by atoms with Gasteiger partial charge in [0.2, 0.25) is 0 Å². The zero-order chi connectivity index (χ0) is 14.2. The van der Waals surface area contributed by atoms with Crippen molar-refractivity contribution in [2.45, 2.75) is 58.5 Å². The smallest absolute Gasteiger partial charge is 0.0236 e. The predicted molar refractivity (Wildman–Crippen MR) is 87.0 cm³/mol. The topological polar surface area (TPSA) is 15.3 Å². The summed E-state index contributed by atoms with van der Waals surface area (Å²) in [5.74, 6) is 0. The third-order valence-electron chi connectivity index (χ3n) is 4.14. The zero-order valence-corrected chi connectivity index (χ0v) is 13.2. The van der Waals surface area contributed by atoms with Gasteiger partial charge in [-0.15, -0.1) is 0 Å². The third kappa shape index (κ3) is 5.26. The lowest BCUT2D eigenvalue weighted by molar-refractivity contribution is 0.263. The lowest BCUT2D eigenvalue weighted by Gasteiger charge is -2.20. The largest absolute Gasteiger partial charge is 0.315 e. The number of fused-ring (bicyclic) bond motifs is 1. The number of rotatable bonds is 7. The van der Waals surface area contributed by atoms with E-state index in [4.69, 9.17) is 0 Å². The van der Waals surface area contributed by atoms with Crippen LogP contribution in [0.4, 0.5) is 0 Å². The van der Waals surface area contributed by atoms with Crippen molar-refractivity contribution in [3.63, 3.8) is 0 Å². The standard InChI is InChI=1S/C18H30N2/c1-16(2)19-12-6-3-7-13-20-14-8-11-17-9-4-5-10-18(17)15-20/h4-5,9-10,16,19H,3,6-8,11-15H2,1-2H3. The normalized spacial score (nSPS) is 16.1. The van der Waals surface area contributed by atoms with Crippen molar-refractivity contribution in [2.75, 3.05) is 19.6 Å². The molecule has 1 N–H and O–H groups in total. The molecule has 0 aromatic heterocycles. The van der Waals surface area contributed by atoms with Gasteiger partial charge >= 0.3 is 0 Å². The number of aryl methyl sites for hydroxylation is 1. The van der Waals surface area contributed by atoms with Gasteiger partial charge in [0.1, 0.15) is 0 Å². The summed E-state index contributed by atoms with van der Waals surface area (Å²) < 4.78 is 0. The Labute approximate surface area is 124 Å². The van der Waals surface area contributed by atoms with Crippen LogP contribution in [0.15, 0.2) is 24.3 Å². The number of nitrogens with one attached hydrogen (secondary N) is 1. The molecule has 20 heavy (non-hydrogen) atoms. The van der Waals surface area contributed by atoms with Crippen LogP contribution in [0.25, 0.3) is 0 Å². The maximum Gasteiger partial charge on any atom is 0.0236 e. The SMILES string of the molecule is CC(C)NCCCCCN1CCCc2ccccc2C1. The Kier molecular flexibility index (Phi) is 6.55. The molecule has 1 aliphatic heterocycles. The van der Waals surface area contributed by atoms with Gasteiger partial charge < -0.3 is 5.32 Å². The molecule has 0 radical (unpaired) electrons. The Bertz CT molecular complexity index is 387. The van der Waals surface area contributed by atoms with E-state index in [0.29, 0.717) is 6.04 Å². The van der Waals surface area contributed by atoms with Gasteiger partial charge in [0.05, 0.1) is 0 Å². The monoisotopic (exact) mass is 274 g/mol. The molecule has 1 aromatic rings. The van der Waals surface area contributed by atoms with Crippen molar-refractivity contribution < 1.29 is 0 Å². The van der Waals surface area contributed by atoms with Crippen LogP contribution < -0.4 is 5.32 Å². The van der Waals surface area contributed by atoms with Crippen molar-refractivity contribution in [2.24, 2.45) is 0 Å². The third-order valence-corrected chi connectivity index (χ3v) is 4.14. The fourth-order valence-corrected chi connectivity index (χ4v) is 2.99. The van der Waals surface area contributed by atoms with Crippen LogP contribution in [-0.4, -0.2) is 30.6 Å².